The quantitative estimate of drug-likeness (QED) is 0.634. The Morgan fingerprint density at radius 1 is 0.923 bits per heavy atom. The number of anilines is 2. The van der Waals surface area contributed by atoms with E-state index in [-0.39, 0.29) is 11.8 Å². The van der Waals surface area contributed by atoms with Gasteiger partial charge in [-0.05, 0) is 55.0 Å². The molecule has 2 N–H and O–H groups in total. The first-order valence-electron chi connectivity index (χ1n) is 8.57. The maximum Gasteiger partial charge on any atom is 0.234 e. The van der Waals surface area contributed by atoms with Crippen molar-refractivity contribution in [1.82, 2.24) is 0 Å². The van der Waals surface area contributed by atoms with Crippen molar-refractivity contribution in [2.75, 3.05) is 23.5 Å². The molecule has 0 aliphatic heterocycles. The van der Waals surface area contributed by atoms with Crippen LogP contribution in [0.5, 0.6) is 5.75 Å². The van der Waals surface area contributed by atoms with Crippen molar-refractivity contribution in [3.05, 3.63) is 48.5 Å². The minimum Gasteiger partial charge on any atom is -0.497 e. The number of rotatable bonds is 9. The van der Waals surface area contributed by atoms with E-state index in [4.69, 9.17) is 4.74 Å². The summed E-state index contributed by atoms with van der Waals surface area (Å²) in [7, 11) is 1.60. The number of benzene rings is 2. The van der Waals surface area contributed by atoms with E-state index in [1.807, 2.05) is 24.3 Å². The summed E-state index contributed by atoms with van der Waals surface area (Å²) in [5.41, 5.74) is 1.51. The summed E-state index contributed by atoms with van der Waals surface area (Å²) < 4.78 is 5.09. The second-order valence-corrected chi connectivity index (χ2v) is 6.79. The Balaban J connectivity index is 1.77. The van der Waals surface area contributed by atoms with E-state index in [2.05, 4.69) is 17.6 Å². The van der Waals surface area contributed by atoms with E-state index in [9.17, 15) is 9.59 Å². The second-order valence-electron chi connectivity index (χ2n) is 5.74. The first-order chi connectivity index (χ1) is 12.6. The smallest absolute Gasteiger partial charge is 0.234 e. The van der Waals surface area contributed by atoms with Crippen LogP contribution < -0.4 is 15.4 Å². The third-order valence-corrected chi connectivity index (χ3v) is 4.65. The highest BCUT2D eigenvalue weighted by atomic mass is 32.2. The minimum atomic E-state index is -0.0721. The second kappa shape index (κ2) is 10.5. The van der Waals surface area contributed by atoms with Crippen molar-refractivity contribution in [2.24, 2.45) is 0 Å². The molecular weight excluding hydrogens is 348 g/mol. The lowest BCUT2D eigenvalue weighted by atomic mass is 10.2. The number of unbranched alkanes of at least 4 members (excludes halogenated alkanes) is 1. The first kappa shape index (κ1) is 19.8. The SMILES string of the molecule is CCCCC(=O)Nc1ccc(SCC(=O)Nc2ccc(OC)cc2)cc1. The monoisotopic (exact) mass is 372 g/mol. The van der Waals surface area contributed by atoms with Crippen LogP contribution in [0.4, 0.5) is 11.4 Å². The van der Waals surface area contributed by atoms with Gasteiger partial charge in [0.2, 0.25) is 11.8 Å². The number of methoxy groups -OCH3 is 1. The summed E-state index contributed by atoms with van der Waals surface area (Å²) in [6.45, 7) is 2.06. The molecule has 2 rings (SSSR count). The van der Waals surface area contributed by atoms with Crippen LogP contribution in [0.25, 0.3) is 0 Å². The minimum absolute atomic E-state index is 0.0334. The zero-order valence-electron chi connectivity index (χ0n) is 15.1. The Morgan fingerprint density at radius 3 is 2.08 bits per heavy atom. The number of amides is 2. The highest BCUT2D eigenvalue weighted by Crippen LogP contribution is 2.21. The fraction of sp³-hybridized carbons (Fsp3) is 0.300. The normalized spacial score (nSPS) is 10.2. The van der Waals surface area contributed by atoms with Gasteiger partial charge in [-0.25, -0.2) is 0 Å². The highest BCUT2D eigenvalue weighted by molar-refractivity contribution is 8.00. The molecule has 138 valence electrons. The van der Waals surface area contributed by atoms with Crippen LogP contribution >= 0.6 is 11.8 Å². The third kappa shape index (κ3) is 6.80. The van der Waals surface area contributed by atoms with Crippen molar-refractivity contribution < 1.29 is 14.3 Å². The van der Waals surface area contributed by atoms with E-state index >= 15 is 0 Å². The summed E-state index contributed by atoms with van der Waals surface area (Å²) in [4.78, 5) is 24.7. The summed E-state index contributed by atoms with van der Waals surface area (Å²) in [6, 6.07) is 14.7. The van der Waals surface area contributed by atoms with Crippen LogP contribution in [0.2, 0.25) is 0 Å². The predicted octanol–water partition coefficient (Wildman–Crippen LogP) is 4.55. The third-order valence-electron chi connectivity index (χ3n) is 3.64. The molecule has 0 radical (unpaired) electrons. The van der Waals surface area contributed by atoms with E-state index in [1.165, 1.54) is 11.8 Å². The molecule has 0 saturated carbocycles. The van der Waals surface area contributed by atoms with Gasteiger partial charge in [-0.3, -0.25) is 9.59 Å². The van der Waals surface area contributed by atoms with Gasteiger partial charge in [-0.2, -0.15) is 0 Å². The standard InChI is InChI=1S/C20H24N2O3S/c1-3-4-5-19(23)21-16-8-12-18(13-9-16)26-14-20(24)22-15-6-10-17(25-2)11-7-15/h6-13H,3-5,14H2,1-2H3,(H,21,23)(H,22,24). The van der Waals surface area contributed by atoms with Crippen molar-refractivity contribution in [2.45, 2.75) is 31.1 Å². The molecule has 5 nitrogen and oxygen atoms in total. The molecule has 0 heterocycles. The molecule has 0 aromatic heterocycles. The molecular formula is C20H24N2O3S. The number of hydrogen-bond donors (Lipinski definition) is 2. The Kier molecular flexibility index (Phi) is 8.02. The van der Waals surface area contributed by atoms with Crippen LogP contribution in [-0.4, -0.2) is 24.7 Å². The van der Waals surface area contributed by atoms with Gasteiger partial charge >= 0.3 is 0 Å². The molecule has 0 aliphatic rings. The Morgan fingerprint density at radius 2 is 1.50 bits per heavy atom. The fourth-order valence-electron chi connectivity index (χ4n) is 2.22. The topological polar surface area (TPSA) is 67.4 Å². The predicted molar refractivity (Wildman–Crippen MR) is 107 cm³/mol. The van der Waals surface area contributed by atoms with Crippen LogP contribution in [-0.2, 0) is 9.59 Å². The molecule has 2 aromatic rings. The molecule has 0 aliphatic carbocycles. The zero-order chi connectivity index (χ0) is 18.8. The lowest BCUT2D eigenvalue weighted by Crippen LogP contribution is -2.13. The van der Waals surface area contributed by atoms with E-state index in [1.54, 1.807) is 31.4 Å². The van der Waals surface area contributed by atoms with Crippen molar-refractivity contribution >= 4 is 35.0 Å². The summed E-state index contributed by atoms with van der Waals surface area (Å²) in [5.74, 6) is 1.02. The van der Waals surface area contributed by atoms with Crippen LogP contribution in [0.1, 0.15) is 26.2 Å². The fourth-order valence-corrected chi connectivity index (χ4v) is 2.91. The highest BCUT2D eigenvalue weighted by Gasteiger charge is 2.05. The van der Waals surface area contributed by atoms with Gasteiger partial charge in [0, 0.05) is 22.7 Å². The summed E-state index contributed by atoms with van der Waals surface area (Å²) >= 11 is 1.45. The number of carbonyl (C=O) groups excluding carboxylic acids is 2. The van der Waals surface area contributed by atoms with Gasteiger partial charge in [-0.15, -0.1) is 11.8 Å². The van der Waals surface area contributed by atoms with Crippen LogP contribution in [0.3, 0.4) is 0 Å². The van der Waals surface area contributed by atoms with Crippen LogP contribution in [0.15, 0.2) is 53.4 Å². The van der Waals surface area contributed by atoms with Crippen molar-refractivity contribution in [1.29, 1.82) is 0 Å². The molecule has 0 fully saturated rings. The zero-order valence-corrected chi connectivity index (χ0v) is 15.9. The van der Waals surface area contributed by atoms with Gasteiger partial charge in [0.1, 0.15) is 5.75 Å². The number of thioether (sulfide) groups is 1. The molecule has 0 bridgehead atoms. The molecule has 2 amide bonds. The average molecular weight is 372 g/mol. The largest absolute Gasteiger partial charge is 0.497 e. The van der Waals surface area contributed by atoms with E-state index in [0.29, 0.717) is 12.2 Å². The number of hydrogen-bond acceptors (Lipinski definition) is 4. The van der Waals surface area contributed by atoms with Gasteiger partial charge in [-0.1, -0.05) is 13.3 Å². The Labute approximate surface area is 158 Å². The lowest BCUT2D eigenvalue weighted by molar-refractivity contribution is -0.116. The van der Waals surface area contributed by atoms with E-state index < -0.39 is 0 Å². The van der Waals surface area contributed by atoms with Gasteiger partial charge in [0.05, 0.1) is 12.9 Å². The maximum atomic E-state index is 12.0. The van der Waals surface area contributed by atoms with E-state index in [0.717, 1.165) is 34.9 Å². The van der Waals surface area contributed by atoms with Gasteiger partial charge < -0.3 is 15.4 Å². The van der Waals surface area contributed by atoms with Crippen molar-refractivity contribution in [3.8, 4) is 5.75 Å². The molecule has 6 heteroatoms. The number of carbonyl (C=O) groups is 2. The Bertz CT molecular complexity index is 715. The van der Waals surface area contributed by atoms with Crippen LogP contribution in [0, 0.1) is 0 Å². The first-order valence-corrected chi connectivity index (χ1v) is 9.56. The molecule has 0 atom stereocenters. The number of ether oxygens (including phenoxy) is 1. The van der Waals surface area contributed by atoms with Gasteiger partial charge in [0.25, 0.3) is 0 Å². The van der Waals surface area contributed by atoms with Crippen molar-refractivity contribution in [3.63, 3.8) is 0 Å². The lowest BCUT2D eigenvalue weighted by Gasteiger charge is -2.07. The molecule has 26 heavy (non-hydrogen) atoms. The maximum absolute atomic E-state index is 12.0. The molecule has 0 unspecified atom stereocenters. The van der Waals surface area contributed by atoms with Gasteiger partial charge in [0.15, 0.2) is 0 Å². The summed E-state index contributed by atoms with van der Waals surface area (Å²) in [6.07, 6.45) is 2.43. The molecule has 0 spiro atoms. The molecule has 0 saturated heterocycles. The Hall–Kier alpha value is -2.47. The summed E-state index contributed by atoms with van der Waals surface area (Å²) in [5, 5.41) is 5.72. The molecule has 2 aromatic carbocycles. The number of nitrogens with one attached hydrogen (secondary N) is 2. The average Bonchev–Trinajstić information content (AvgIpc) is 2.66.